The quantitative estimate of drug-likeness (QED) is 0.397. The fraction of sp³-hybridized carbons (Fsp3) is 0. The molecule has 0 bridgehead atoms. The normalized spacial score (nSPS) is 11.0. The average molecular weight is 362 g/mol. The first-order valence-corrected chi connectivity index (χ1v) is 9.22. The summed E-state index contributed by atoms with van der Waals surface area (Å²) in [4.78, 5) is 8.22. The minimum Gasteiger partial charge on any atom is -0.507 e. The second kappa shape index (κ2) is 6.71. The van der Waals surface area contributed by atoms with Crippen molar-refractivity contribution in [2.45, 2.75) is 0 Å². The molecule has 28 heavy (non-hydrogen) atoms. The smallest absolute Gasteiger partial charge is 0.124 e. The van der Waals surface area contributed by atoms with Gasteiger partial charge < -0.3 is 10.1 Å². The first kappa shape index (κ1) is 16.3. The Morgan fingerprint density at radius 3 is 2.36 bits per heavy atom. The number of H-pyrrole nitrogens is 1. The molecule has 0 amide bonds. The Kier molecular flexibility index (Phi) is 3.91. The standard InChI is InChI=1S/C25H18N2O/c28-25-11-4-2-9-20(25)24-15-14-23(27-24)19-8-5-7-18(16-19)22-13-12-17-6-1-3-10-21(17)26-22/h1-16,27-28H. The lowest BCUT2D eigenvalue weighted by molar-refractivity contribution is 0.477. The second-order valence-corrected chi connectivity index (χ2v) is 6.77. The minimum absolute atomic E-state index is 0.269. The molecule has 0 aliphatic carbocycles. The van der Waals surface area contributed by atoms with E-state index in [2.05, 4.69) is 41.4 Å². The molecule has 3 aromatic carbocycles. The van der Waals surface area contributed by atoms with Crippen LogP contribution in [0.15, 0.2) is 97.1 Å². The number of phenolic OH excluding ortho intramolecular Hbond substituents is 1. The Bertz CT molecular complexity index is 1290. The van der Waals surface area contributed by atoms with Gasteiger partial charge >= 0.3 is 0 Å². The first-order chi connectivity index (χ1) is 13.8. The monoisotopic (exact) mass is 362 g/mol. The highest BCUT2D eigenvalue weighted by Gasteiger charge is 2.09. The van der Waals surface area contributed by atoms with Crippen LogP contribution in [0.25, 0.3) is 44.7 Å². The lowest BCUT2D eigenvalue weighted by Crippen LogP contribution is -1.86. The fourth-order valence-corrected chi connectivity index (χ4v) is 3.49. The molecule has 0 radical (unpaired) electrons. The van der Waals surface area contributed by atoms with Crippen LogP contribution in [-0.4, -0.2) is 15.1 Å². The van der Waals surface area contributed by atoms with E-state index in [-0.39, 0.29) is 5.75 Å². The molecule has 2 heterocycles. The van der Waals surface area contributed by atoms with Crippen LogP contribution in [0.3, 0.4) is 0 Å². The van der Waals surface area contributed by atoms with Gasteiger partial charge in [-0.2, -0.15) is 0 Å². The highest BCUT2D eigenvalue weighted by Crippen LogP contribution is 2.31. The number of hydrogen-bond donors (Lipinski definition) is 2. The number of aromatic hydroxyl groups is 1. The van der Waals surface area contributed by atoms with Crippen molar-refractivity contribution >= 4 is 10.9 Å². The maximum absolute atomic E-state index is 10.1. The molecule has 5 rings (SSSR count). The Balaban J connectivity index is 1.53. The highest BCUT2D eigenvalue weighted by molar-refractivity contribution is 5.82. The van der Waals surface area contributed by atoms with Crippen molar-refractivity contribution in [1.29, 1.82) is 0 Å². The van der Waals surface area contributed by atoms with Gasteiger partial charge in [0, 0.05) is 27.9 Å². The number of fused-ring (bicyclic) bond motifs is 1. The van der Waals surface area contributed by atoms with E-state index < -0.39 is 0 Å². The number of aromatic nitrogens is 2. The average Bonchev–Trinajstić information content (AvgIpc) is 3.24. The molecule has 2 aromatic heterocycles. The molecule has 2 N–H and O–H groups in total. The van der Waals surface area contributed by atoms with E-state index in [1.807, 2.05) is 54.6 Å². The summed E-state index contributed by atoms with van der Waals surface area (Å²) in [5.74, 6) is 0.269. The predicted octanol–water partition coefficient (Wildman–Crippen LogP) is 6.27. The van der Waals surface area contributed by atoms with Gasteiger partial charge in [-0.15, -0.1) is 0 Å². The summed E-state index contributed by atoms with van der Waals surface area (Å²) < 4.78 is 0. The number of benzene rings is 3. The molecule has 0 saturated heterocycles. The lowest BCUT2D eigenvalue weighted by atomic mass is 10.0. The third kappa shape index (κ3) is 2.93. The van der Waals surface area contributed by atoms with Gasteiger partial charge in [-0.05, 0) is 48.0 Å². The molecule has 3 nitrogen and oxygen atoms in total. The van der Waals surface area contributed by atoms with Crippen LogP contribution < -0.4 is 0 Å². The van der Waals surface area contributed by atoms with Crippen molar-refractivity contribution < 1.29 is 5.11 Å². The van der Waals surface area contributed by atoms with Crippen LogP contribution in [0.4, 0.5) is 0 Å². The third-order valence-corrected chi connectivity index (χ3v) is 4.95. The van der Waals surface area contributed by atoms with Gasteiger partial charge in [-0.25, -0.2) is 4.98 Å². The molecule has 0 atom stereocenters. The number of aromatic amines is 1. The van der Waals surface area contributed by atoms with Crippen molar-refractivity contribution in [3.05, 3.63) is 97.1 Å². The number of nitrogens with zero attached hydrogens (tertiary/aromatic N) is 1. The predicted molar refractivity (Wildman–Crippen MR) is 114 cm³/mol. The van der Waals surface area contributed by atoms with E-state index in [4.69, 9.17) is 4.98 Å². The summed E-state index contributed by atoms with van der Waals surface area (Å²) >= 11 is 0. The Hall–Kier alpha value is -3.85. The molecule has 0 aliphatic rings. The maximum atomic E-state index is 10.1. The number of phenols is 1. The Labute approximate surface area is 163 Å². The summed E-state index contributed by atoms with van der Waals surface area (Å²) in [6.07, 6.45) is 0. The topological polar surface area (TPSA) is 48.9 Å². The van der Waals surface area contributed by atoms with Crippen LogP contribution >= 0.6 is 0 Å². The summed E-state index contributed by atoms with van der Waals surface area (Å²) in [5, 5.41) is 11.2. The zero-order chi connectivity index (χ0) is 18.9. The minimum atomic E-state index is 0.269. The maximum Gasteiger partial charge on any atom is 0.124 e. The van der Waals surface area contributed by atoms with Crippen molar-refractivity contribution in [1.82, 2.24) is 9.97 Å². The molecule has 0 fully saturated rings. The molecule has 0 unspecified atom stereocenters. The first-order valence-electron chi connectivity index (χ1n) is 9.22. The molecular weight excluding hydrogens is 344 g/mol. The zero-order valence-electron chi connectivity index (χ0n) is 15.1. The van der Waals surface area contributed by atoms with Gasteiger partial charge in [0.05, 0.1) is 11.2 Å². The molecule has 5 aromatic rings. The summed E-state index contributed by atoms with van der Waals surface area (Å²) in [5.41, 5.74) is 6.78. The molecule has 3 heteroatoms. The van der Waals surface area contributed by atoms with Gasteiger partial charge in [0.2, 0.25) is 0 Å². The summed E-state index contributed by atoms with van der Waals surface area (Å²) in [6, 6.07) is 32.0. The van der Waals surface area contributed by atoms with Gasteiger partial charge in [-0.3, -0.25) is 0 Å². The van der Waals surface area contributed by atoms with Crippen LogP contribution in [0.2, 0.25) is 0 Å². The van der Waals surface area contributed by atoms with Gasteiger partial charge in [0.25, 0.3) is 0 Å². The van der Waals surface area contributed by atoms with Crippen LogP contribution in [0, 0.1) is 0 Å². The number of para-hydroxylation sites is 2. The van der Waals surface area contributed by atoms with Gasteiger partial charge in [0.1, 0.15) is 5.75 Å². The molecule has 134 valence electrons. The van der Waals surface area contributed by atoms with Crippen molar-refractivity contribution in [2.75, 3.05) is 0 Å². The fourth-order valence-electron chi connectivity index (χ4n) is 3.49. The van der Waals surface area contributed by atoms with E-state index in [1.54, 1.807) is 6.07 Å². The van der Waals surface area contributed by atoms with Crippen molar-refractivity contribution in [3.8, 4) is 39.5 Å². The second-order valence-electron chi connectivity index (χ2n) is 6.77. The molecule has 0 spiro atoms. The largest absolute Gasteiger partial charge is 0.507 e. The number of rotatable bonds is 3. The van der Waals surface area contributed by atoms with Gasteiger partial charge in [0.15, 0.2) is 0 Å². The Morgan fingerprint density at radius 1 is 0.643 bits per heavy atom. The Morgan fingerprint density at radius 2 is 1.43 bits per heavy atom. The van der Waals surface area contributed by atoms with Crippen LogP contribution in [0.1, 0.15) is 0 Å². The van der Waals surface area contributed by atoms with E-state index >= 15 is 0 Å². The van der Waals surface area contributed by atoms with Crippen molar-refractivity contribution in [3.63, 3.8) is 0 Å². The SMILES string of the molecule is Oc1ccccc1-c1ccc(-c2cccc(-c3ccc4ccccc4n3)c2)[nH]1. The molecule has 0 saturated carbocycles. The van der Waals surface area contributed by atoms with E-state index in [9.17, 15) is 5.11 Å². The van der Waals surface area contributed by atoms with Gasteiger partial charge in [-0.1, -0.05) is 54.6 Å². The van der Waals surface area contributed by atoms with Crippen molar-refractivity contribution in [2.24, 2.45) is 0 Å². The lowest BCUT2D eigenvalue weighted by Gasteiger charge is -2.06. The summed E-state index contributed by atoms with van der Waals surface area (Å²) in [6.45, 7) is 0. The zero-order valence-corrected chi connectivity index (χ0v) is 15.1. The molecular formula is C25H18N2O. The third-order valence-electron chi connectivity index (χ3n) is 4.95. The van der Waals surface area contributed by atoms with Crippen LogP contribution in [-0.2, 0) is 0 Å². The molecule has 0 aliphatic heterocycles. The summed E-state index contributed by atoms with van der Waals surface area (Å²) in [7, 11) is 0. The van der Waals surface area contributed by atoms with Crippen LogP contribution in [0.5, 0.6) is 5.75 Å². The van der Waals surface area contributed by atoms with E-state index in [0.717, 1.165) is 44.7 Å². The number of hydrogen-bond acceptors (Lipinski definition) is 2. The van der Waals surface area contributed by atoms with E-state index in [0.29, 0.717) is 0 Å². The number of nitrogens with one attached hydrogen (secondary N) is 1. The van der Waals surface area contributed by atoms with E-state index in [1.165, 1.54) is 0 Å². The number of pyridine rings is 1. The highest BCUT2D eigenvalue weighted by atomic mass is 16.3.